The number of rotatable bonds is 4. The first kappa shape index (κ1) is 16.2. The molecular weight excluding hydrogens is 328 g/mol. The van der Waals surface area contributed by atoms with Crippen LogP contribution in [0.1, 0.15) is 23.7 Å². The summed E-state index contributed by atoms with van der Waals surface area (Å²) >= 11 is 5.84. The van der Waals surface area contributed by atoms with Gasteiger partial charge in [-0.05, 0) is 43.3 Å². The zero-order chi connectivity index (χ0) is 17.3. The third-order valence-electron chi connectivity index (χ3n) is 3.84. The lowest BCUT2D eigenvalue weighted by Gasteiger charge is -2.16. The summed E-state index contributed by atoms with van der Waals surface area (Å²) in [5, 5.41) is 3.64. The number of amides is 2. The third-order valence-corrected chi connectivity index (χ3v) is 4.09. The zero-order valence-electron chi connectivity index (χ0n) is 13.0. The lowest BCUT2D eigenvalue weighted by molar-refractivity contribution is -0.121. The number of hydrogen-bond acceptors (Lipinski definition) is 4. The predicted molar refractivity (Wildman–Crippen MR) is 92.4 cm³/mol. The molecule has 2 amide bonds. The molecule has 0 bridgehead atoms. The van der Waals surface area contributed by atoms with Gasteiger partial charge in [-0.3, -0.25) is 14.4 Å². The van der Waals surface area contributed by atoms with E-state index in [0.29, 0.717) is 22.0 Å². The van der Waals surface area contributed by atoms with Crippen LogP contribution in [0.3, 0.4) is 0 Å². The molecule has 1 heterocycles. The number of halogens is 1. The molecule has 1 fully saturated rings. The van der Waals surface area contributed by atoms with Crippen LogP contribution in [0.4, 0.5) is 11.4 Å². The second kappa shape index (κ2) is 6.45. The van der Waals surface area contributed by atoms with Crippen LogP contribution in [0.15, 0.2) is 48.5 Å². The second-order valence-electron chi connectivity index (χ2n) is 5.58. The molecule has 1 unspecified atom stereocenters. The molecular formula is C18H15ClN2O3. The Kier molecular flexibility index (Phi) is 4.36. The average Bonchev–Trinajstić information content (AvgIpc) is 2.83. The standard InChI is InChI=1S/C18H15ClN2O3/c1-11(22)12-3-2-4-15(9-12)21-17(23)10-16(18(21)24)20-14-7-5-13(19)6-8-14/h2-9,16,20H,10H2,1H3. The SMILES string of the molecule is CC(=O)c1cccc(N2C(=O)CC(Nc3ccc(Cl)cc3)C2=O)c1. The summed E-state index contributed by atoms with van der Waals surface area (Å²) in [7, 11) is 0. The Bertz CT molecular complexity index is 817. The molecule has 1 saturated heterocycles. The third kappa shape index (κ3) is 3.16. The van der Waals surface area contributed by atoms with E-state index in [-0.39, 0.29) is 24.0 Å². The fraction of sp³-hybridized carbons (Fsp3) is 0.167. The first-order valence-corrected chi connectivity index (χ1v) is 7.83. The number of nitrogens with one attached hydrogen (secondary N) is 1. The van der Waals surface area contributed by atoms with Crippen LogP contribution in [0.2, 0.25) is 5.02 Å². The van der Waals surface area contributed by atoms with Gasteiger partial charge < -0.3 is 5.32 Å². The second-order valence-corrected chi connectivity index (χ2v) is 6.02. The van der Waals surface area contributed by atoms with Crippen LogP contribution in [0.25, 0.3) is 0 Å². The van der Waals surface area contributed by atoms with E-state index in [4.69, 9.17) is 11.6 Å². The molecule has 24 heavy (non-hydrogen) atoms. The molecule has 2 aromatic rings. The lowest BCUT2D eigenvalue weighted by atomic mass is 10.1. The van der Waals surface area contributed by atoms with Crippen molar-refractivity contribution in [3.05, 3.63) is 59.1 Å². The van der Waals surface area contributed by atoms with Gasteiger partial charge in [-0.25, -0.2) is 4.90 Å². The molecule has 0 radical (unpaired) electrons. The van der Waals surface area contributed by atoms with Gasteiger partial charge >= 0.3 is 0 Å². The van der Waals surface area contributed by atoms with Crippen LogP contribution in [-0.2, 0) is 9.59 Å². The molecule has 1 N–H and O–H groups in total. The largest absolute Gasteiger partial charge is 0.373 e. The molecule has 3 rings (SSSR count). The van der Waals surface area contributed by atoms with Crippen LogP contribution in [0.5, 0.6) is 0 Å². The van der Waals surface area contributed by atoms with E-state index < -0.39 is 6.04 Å². The van der Waals surface area contributed by atoms with Gasteiger partial charge in [-0.15, -0.1) is 0 Å². The quantitative estimate of drug-likeness (QED) is 0.684. The van der Waals surface area contributed by atoms with E-state index >= 15 is 0 Å². The number of carbonyl (C=O) groups excluding carboxylic acids is 3. The number of nitrogens with zero attached hydrogens (tertiary/aromatic N) is 1. The molecule has 1 aliphatic heterocycles. The van der Waals surface area contributed by atoms with E-state index in [0.717, 1.165) is 4.90 Å². The Morgan fingerprint density at radius 3 is 2.54 bits per heavy atom. The van der Waals surface area contributed by atoms with Crippen molar-refractivity contribution in [2.75, 3.05) is 10.2 Å². The minimum Gasteiger partial charge on any atom is -0.373 e. The topological polar surface area (TPSA) is 66.5 Å². The van der Waals surface area contributed by atoms with E-state index in [1.807, 2.05) is 0 Å². The van der Waals surface area contributed by atoms with Crippen LogP contribution in [-0.4, -0.2) is 23.6 Å². The minimum absolute atomic E-state index is 0.0613. The Morgan fingerprint density at radius 2 is 1.88 bits per heavy atom. The van der Waals surface area contributed by atoms with Crippen molar-refractivity contribution in [1.82, 2.24) is 0 Å². The van der Waals surface area contributed by atoms with Gasteiger partial charge in [0.15, 0.2) is 5.78 Å². The predicted octanol–water partition coefficient (Wildman–Crippen LogP) is 3.29. The van der Waals surface area contributed by atoms with Crippen molar-refractivity contribution >= 4 is 40.6 Å². The Balaban J connectivity index is 1.82. The van der Waals surface area contributed by atoms with Crippen molar-refractivity contribution in [3.63, 3.8) is 0 Å². The van der Waals surface area contributed by atoms with Crippen molar-refractivity contribution in [2.45, 2.75) is 19.4 Å². The first-order chi connectivity index (χ1) is 11.5. The summed E-state index contributed by atoms with van der Waals surface area (Å²) < 4.78 is 0. The molecule has 0 spiro atoms. The van der Waals surface area contributed by atoms with E-state index in [1.54, 1.807) is 48.5 Å². The summed E-state index contributed by atoms with van der Waals surface area (Å²) in [5.41, 5.74) is 1.59. The highest BCUT2D eigenvalue weighted by Crippen LogP contribution is 2.26. The number of imide groups is 1. The van der Waals surface area contributed by atoms with Gasteiger partial charge in [0.2, 0.25) is 5.91 Å². The summed E-state index contributed by atoms with van der Waals surface area (Å²) in [5.74, 6) is -0.755. The highest BCUT2D eigenvalue weighted by molar-refractivity contribution is 6.30. The van der Waals surface area contributed by atoms with Gasteiger partial charge in [-0.2, -0.15) is 0 Å². The van der Waals surface area contributed by atoms with Crippen LogP contribution in [0, 0.1) is 0 Å². The summed E-state index contributed by atoms with van der Waals surface area (Å²) in [4.78, 5) is 37.5. The normalized spacial score (nSPS) is 17.2. The molecule has 5 nitrogen and oxygen atoms in total. The van der Waals surface area contributed by atoms with Gasteiger partial charge in [0.25, 0.3) is 5.91 Å². The van der Waals surface area contributed by atoms with Gasteiger partial charge in [0.05, 0.1) is 12.1 Å². The monoisotopic (exact) mass is 342 g/mol. The van der Waals surface area contributed by atoms with Gasteiger partial charge in [0, 0.05) is 16.3 Å². The first-order valence-electron chi connectivity index (χ1n) is 7.45. The Hall–Kier alpha value is -2.66. The number of benzene rings is 2. The average molecular weight is 343 g/mol. The highest BCUT2D eigenvalue weighted by Gasteiger charge is 2.39. The van der Waals surface area contributed by atoms with E-state index in [9.17, 15) is 14.4 Å². The summed E-state index contributed by atoms with van der Waals surface area (Å²) in [6, 6.07) is 12.8. The van der Waals surface area contributed by atoms with E-state index in [1.165, 1.54) is 6.92 Å². The van der Waals surface area contributed by atoms with Crippen molar-refractivity contribution < 1.29 is 14.4 Å². The number of Topliss-reactive ketones (excluding diaryl/α,β-unsaturated/α-hetero) is 1. The maximum atomic E-state index is 12.6. The number of carbonyl (C=O) groups is 3. The maximum absolute atomic E-state index is 12.6. The molecule has 2 aromatic carbocycles. The maximum Gasteiger partial charge on any atom is 0.256 e. The van der Waals surface area contributed by atoms with E-state index in [2.05, 4.69) is 5.32 Å². The molecule has 122 valence electrons. The highest BCUT2D eigenvalue weighted by atomic mass is 35.5. The number of hydrogen-bond donors (Lipinski definition) is 1. The fourth-order valence-electron chi connectivity index (χ4n) is 2.63. The molecule has 0 aliphatic carbocycles. The van der Waals surface area contributed by atoms with Crippen LogP contribution >= 0.6 is 11.6 Å². The molecule has 6 heteroatoms. The molecule has 0 saturated carbocycles. The summed E-state index contributed by atoms with van der Waals surface area (Å²) in [6.45, 7) is 1.44. The molecule has 1 aliphatic rings. The Morgan fingerprint density at radius 1 is 1.17 bits per heavy atom. The van der Waals surface area contributed by atoms with Crippen molar-refractivity contribution in [2.24, 2.45) is 0 Å². The lowest BCUT2D eigenvalue weighted by Crippen LogP contribution is -2.34. The van der Waals surface area contributed by atoms with Gasteiger partial charge in [-0.1, -0.05) is 23.7 Å². The molecule has 1 atom stereocenters. The van der Waals surface area contributed by atoms with Crippen LogP contribution < -0.4 is 10.2 Å². The van der Waals surface area contributed by atoms with Gasteiger partial charge in [0.1, 0.15) is 6.04 Å². The molecule has 0 aromatic heterocycles. The fourth-order valence-corrected chi connectivity index (χ4v) is 2.75. The smallest absolute Gasteiger partial charge is 0.256 e. The van der Waals surface area contributed by atoms with Crippen molar-refractivity contribution in [1.29, 1.82) is 0 Å². The Labute approximate surface area is 144 Å². The number of anilines is 2. The number of ketones is 1. The summed E-state index contributed by atoms with van der Waals surface area (Å²) in [6.07, 6.45) is 0.0613. The minimum atomic E-state index is -0.639. The van der Waals surface area contributed by atoms with Crippen molar-refractivity contribution in [3.8, 4) is 0 Å². The zero-order valence-corrected chi connectivity index (χ0v) is 13.7.